The fourth-order valence-corrected chi connectivity index (χ4v) is 2.95. The van der Waals surface area contributed by atoms with E-state index in [4.69, 9.17) is 11.6 Å². The minimum Gasteiger partial charge on any atom is -0.378 e. The highest BCUT2D eigenvalue weighted by molar-refractivity contribution is 7.16. The van der Waals surface area contributed by atoms with Crippen molar-refractivity contribution >= 4 is 34.5 Å². The molecule has 1 N–H and O–H groups in total. The summed E-state index contributed by atoms with van der Waals surface area (Å²) >= 11 is 7.51. The Kier molecular flexibility index (Phi) is 4.68. The lowest BCUT2D eigenvalue weighted by molar-refractivity contribution is 0.0827. The number of halogens is 1. The lowest BCUT2D eigenvalue weighted by Crippen LogP contribution is -2.21. The van der Waals surface area contributed by atoms with Crippen LogP contribution < -0.4 is 5.32 Å². The molecule has 2 rings (SSSR count). The quantitative estimate of drug-likeness (QED) is 0.914. The molecule has 0 aliphatic carbocycles. The molecule has 1 unspecified atom stereocenters. The van der Waals surface area contributed by atoms with Gasteiger partial charge < -0.3 is 10.2 Å². The summed E-state index contributed by atoms with van der Waals surface area (Å²) < 4.78 is 0.783. The highest BCUT2D eigenvalue weighted by Crippen LogP contribution is 2.29. The van der Waals surface area contributed by atoms with Crippen LogP contribution in [0.3, 0.4) is 0 Å². The van der Waals surface area contributed by atoms with Crippen LogP contribution in [0.2, 0.25) is 4.34 Å². The molecule has 106 valence electrons. The Balaban J connectivity index is 2.14. The van der Waals surface area contributed by atoms with Crippen LogP contribution >= 0.6 is 22.9 Å². The SMILES string of the molecule is CC(Nc1cccc(C(=O)N(C)C)c1)c1ccc(Cl)s1. The maximum absolute atomic E-state index is 11.9. The molecule has 0 spiro atoms. The number of thiophene rings is 1. The number of carbonyl (C=O) groups excluding carboxylic acids is 1. The van der Waals surface area contributed by atoms with Gasteiger partial charge in [0.1, 0.15) is 0 Å². The van der Waals surface area contributed by atoms with Gasteiger partial charge in [-0.25, -0.2) is 0 Å². The number of carbonyl (C=O) groups is 1. The summed E-state index contributed by atoms with van der Waals surface area (Å²) in [5.74, 6) is 0.000436. The second-order valence-corrected chi connectivity index (χ2v) is 6.53. The molecular weight excluding hydrogens is 292 g/mol. The van der Waals surface area contributed by atoms with Crippen LogP contribution in [0, 0.1) is 0 Å². The summed E-state index contributed by atoms with van der Waals surface area (Å²) in [5.41, 5.74) is 1.60. The van der Waals surface area contributed by atoms with Crippen molar-refractivity contribution in [2.45, 2.75) is 13.0 Å². The molecule has 3 nitrogen and oxygen atoms in total. The molecule has 5 heteroatoms. The number of benzene rings is 1. The molecule has 1 aromatic carbocycles. The number of amides is 1. The van der Waals surface area contributed by atoms with E-state index in [-0.39, 0.29) is 11.9 Å². The number of rotatable bonds is 4. The van der Waals surface area contributed by atoms with Crippen LogP contribution in [-0.2, 0) is 0 Å². The summed E-state index contributed by atoms with van der Waals surface area (Å²) in [7, 11) is 3.50. The Bertz CT molecular complexity index is 609. The summed E-state index contributed by atoms with van der Waals surface area (Å²) in [6.07, 6.45) is 0. The first-order valence-corrected chi connectivity index (χ1v) is 7.50. The summed E-state index contributed by atoms with van der Waals surface area (Å²) in [6, 6.07) is 11.6. The van der Waals surface area contributed by atoms with Crippen LogP contribution in [0.1, 0.15) is 28.2 Å². The topological polar surface area (TPSA) is 32.3 Å². The largest absolute Gasteiger partial charge is 0.378 e. The van der Waals surface area contributed by atoms with Crippen molar-refractivity contribution in [3.8, 4) is 0 Å². The average molecular weight is 309 g/mol. The van der Waals surface area contributed by atoms with Gasteiger partial charge in [0.15, 0.2) is 0 Å². The molecule has 0 fully saturated rings. The molecule has 0 bridgehead atoms. The van der Waals surface area contributed by atoms with Gasteiger partial charge in [-0.1, -0.05) is 17.7 Å². The zero-order chi connectivity index (χ0) is 14.7. The summed E-state index contributed by atoms with van der Waals surface area (Å²) in [5, 5.41) is 3.39. The van der Waals surface area contributed by atoms with Crippen molar-refractivity contribution in [1.82, 2.24) is 4.90 Å². The molecule has 1 amide bonds. The number of nitrogens with zero attached hydrogens (tertiary/aromatic N) is 1. The lowest BCUT2D eigenvalue weighted by atomic mass is 10.1. The molecule has 0 saturated heterocycles. The molecule has 0 aliphatic rings. The van der Waals surface area contributed by atoms with Crippen molar-refractivity contribution < 1.29 is 4.79 Å². The van der Waals surface area contributed by atoms with Gasteiger partial charge >= 0.3 is 0 Å². The normalized spacial score (nSPS) is 12.0. The zero-order valence-corrected chi connectivity index (χ0v) is 13.3. The molecular formula is C15H17ClN2OS. The lowest BCUT2D eigenvalue weighted by Gasteiger charge is -2.15. The fraction of sp³-hybridized carbons (Fsp3) is 0.267. The molecule has 20 heavy (non-hydrogen) atoms. The van der Waals surface area contributed by atoms with Crippen molar-refractivity contribution in [2.75, 3.05) is 19.4 Å². The van der Waals surface area contributed by atoms with E-state index in [1.54, 1.807) is 30.3 Å². The van der Waals surface area contributed by atoms with Crippen LogP contribution in [0.4, 0.5) is 5.69 Å². The van der Waals surface area contributed by atoms with Crippen molar-refractivity contribution in [1.29, 1.82) is 0 Å². The number of hydrogen-bond donors (Lipinski definition) is 1. The Hall–Kier alpha value is -1.52. The van der Waals surface area contributed by atoms with E-state index in [0.29, 0.717) is 5.56 Å². The molecule has 0 saturated carbocycles. The van der Waals surface area contributed by atoms with Gasteiger partial charge in [-0.05, 0) is 37.3 Å². The molecule has 0 aliphatic heterocycles. The van der Waals surface area contributed by atoms with E-state index >= 15 is 0 Å². The summed E-state index contributed by atoms with van der Waals surface area (Å²) in [6.45, 7) is 2.07. The summed E-state index contributed by atoms with van der Waals surface area (Å²) in [4.78, 5) is 14.7. The van der Waals surface area contributed by atoms with Crippen LogP contribution in [-0.4, -0.2) is 24.9 Å². The van der Waals surface area contributed by atoms with Crippen molar-refractivity contribution in [3.05, 3.63) is 51.2 Å². The molecule has 2 aromatic rings. The van der Waals surface area contributed by atoms with Gasteiger partial charge in [-0.3, -0.25) is 4.79 Å². The van der Waals surface area contributed by atoms with Gasteiger partial charge in [0.25, 0.3) is 5.91 Å². The minimum atomic E-state index is 0.000436. The molecule has 1 atom stereocenters. The standard InChI is InChI=1S/C15H17ClN2OS/c1-10(13-7-8-14(16)20-13)17-12-6-4-5-11(9-12)15(19)18(2)3/h4-10,17H,1-3H3. The van der Waals surface area contributed by atoms with E-state index in [1.165, 1.54) is 4.88 Å². The second-order valence-electron chi connectivity index (χ2n) is 4.79. The first kappa shape index (κ1) is 14.9. The maximum atomic E-state index is 11.9. The average Bonchev–Trinajstić information content (AvgIpc) is 2.85. The number of hydrogen-bond acceptors (Lipinski definition) is 3. The minimum absolute atomic E-state index is 0.000436. The zero-order valence-electron chi connectivity index (χ0n) is 11.7. The van der Waals surface area contributed by atoms with Crippen LogP contribution in [0.5, 0.6) is 0 Å². The van der Waals surface area contributed by atoms with Gasteiger partial charge in [0.2, 0.25) is 0 Å². The van der Waals surface area contributed by atoms with E-state index < -0.39 is 0 Å². The van der Waals surface area contributed by atoms with Crippen molar-refractivity contribution in [3.63, 3.8) is 0 Å². The van der Waals surface area contributed by atoms with Crippen molar-refractivity contribution in [2.24, 2.45) is 0 Å². The van der Waals surface area contributed by atoms with E-state index in [2.05, 4.69) is 12.2 Å². The van der Waals surface area contributed by atoms with Gasteiger partial charge in [-0.2, -0.15) is 0 Å². The third-order valence-corrected chi connectivity index (χ3v) is 4.33. The fourth-order valence-electron chi connectivity index (χ4n) is 1.88. The Labute approximate surface area is 128 Å². The molecule has 1 aromatic heterocycles. The van der Waals surface area contributed by atoms with E-state index in [0.717, 1.165) is 10.0 Å². The Morgan fingerprint density at radius 1 is 1.30 bits per heavy atom. The molecule has 1 heterocycles. The first-order valence-electron chi connectivity index (χ1n) is 6.31. The third-order valence-electron chi connectivity index (χ3n) is 2.92. The highest BCUT2D eigenvalue weighted by atomic mass is 35.5. The first-order chi connectivity index (χ1) is 9.47. The Morgan fingerprint density at radius 2 is 2.05 bits per heavy atom. The number of nitrogens with one attached hydrogen (secondary N) is 1. The number of anilines is 1. The second kappa shape index (κ2) is 6.29. The maximum Gasteiger partial charge on any atom is 0.253 e. The molecule has 0 radical (unpaired) electrons. The van der Waals surface area contributed by atoms with Crippen LogP contribution in [0.25, 0.3) is 0 Å². The van der Waals surface area contributed by atoms with E-state index in [9.17, 15) is 4.79 Å². The smallest absolute Gasteiger partial charge is 0.253 e. The predicted octanol–water partition coefficient (Wildman–Crippen LogP) is 4.28. The van der Waals surface area contributed by atoms with Gasteiger partial charge in [0, 0.05) is 30.2 Å². The third kappa shape index (κ3) is 3.52. The Morgan fingerprint density at radius 3 is 2.65 bits per heavy atom. The monoisotopic (exact) mass is 308 g/mol. The van der Waals surface area contributed by atoms with Gasteiger partial charge in [0.05, 0.1) is 10.4 Å². The van der Waals surface area contributed by atoms with Crippen LogP contribution in [0.15, 0.2) is 36.4 Å². The van der Waals surface area contributed by atoms with E-state index in [1.807, 2.05) is 36.4 Å². The highest BCUT2D eigenvalue weighted by Gasteiger charge is 2.11. The van der Waals surface area contributed by atoms with Gasteiger partial charge in [-0.15, -0.1) is 11.3 Å². The predicted molar refractivity (Wildman–Crippen MR) is 85.8 cm³/mol.